The Labute approximate surface area is 160 Å². The van der Waals surface area contributed by atoms with Gasteiger partial charge in [0.05, 0.1) is 0 Å². The number of likely N-dealkylation sites (tertiary alicyclic amines) is 1. The molecule has 0 bridgehead atoms. The number of benzene rings is 2. The van der Waals surface area contributed by atoms with Crippen LogP contribution in [0.5, 0.6) is 0 Å². The van der Waals surface area contributed by atoms with Gasteiger partial charge in [0, 0.05) is 30.6 Å². The summed E-state index contributed by atoms with van der Waals surface area (Å²) in [6.07, 6.45) is 7.44. The molecule has 2 aliphatic rings. The molecule has 1 heterocycles. The van der Waals surface area contributed by atoms with Crippen molar-refractivity contribution in [2.75, 3.05) is 13.1 Å². The Morgan fingerprint density at radius 2 is 1.56 bits per heavy atom. The summed E-state index contributed by atoms with van der Waals surface area (Å²) in [7, 11) is 0. The van der Waals surface area contributed by atoms with Crippen molar-refractivity contribution in [1.82, 2.24) is 10.2 Å². The summed E-state index contributed by atoms with van der Waals surface area (Å²) >= 11 is 0. The van der Waals surface area contributed by atoms with E-state index >= 15 is 0 Å². The predicted molar refractivity (Wildman–Crippen MR) is 108 cm³/mol. The SMILES string of the molecule is O=C(NC1CCN(C(=O)C2CCCCC2)CC1)c1cccc2ccccc12. The molecule has 2 aromatic carbocycles. The van der Waals surface area contributed by atoms with E-state index < -0.39 is 0 Å². The largest absolute Gasteiger partial charge is 0.349 e. The van der Waals surface area contributed by atoms with Gasteiger partial charge >= 0.3 is 0 Å². The molecule has 4 heteroatoms. The lowest BCUT2D eigenvalue weighted by molar-refractivity contribution is -0.137. The third-order valence-electron chi connectivity index (χ3n) is 6.13. The molecule has 4 rings (SSSR count). The number of hydrogen-bond donors (Lipinski definition) is 1. The molecule has 0 aromatic heterocycles. The highest BCUT2D eigenvalue weighted by Crippen LogP contribution is 2.27. The van der Waals surface area contributed by atoms with Gasteiger partial charge in [0.1, 0.15) is 0 Å². The monoisotopic (exact) mass is 364 g/mol. The Balaban J connectivity index is 1.35. The number of piperidine rings is 1. The van der Waals surface area contributed by atoms with E-state index in [0.29, 0.717) is 5.91 Å². The molecule has 0 radical (unpaired) electrons. The van der Waals surface area contributed by atoms with Crippen LogP contribution in [0.3, 0.4) is 0 Å². The van der Waals surface area contributed by atoms with Crippen LogP contribution in [0.1, 0.15) is 55.3 Å². The van der Waals surface area contributed by atoms with Gasteiger partial charge in [0.15, 0.2) is 0 Å². The lowest BCUT2D eigenvalue weighted by atomic mass is 9.87. The van der Waals surface area contributed by atoms with Gasteiger partial charge in [-0.3, -0.25) is 9.59 Å². The van der Waals surface area contributed by atoms with Crippen molar-refractivity contribution in [3.63, 3.8) is 0 Å². The third kappa shape index (κ3) is 4.00. The van der Waals surface area contributed by atoms with Gasteiger partial charge in [-0.1, -0.05) is 55.7 Å². The highest BCUT2D eigenvalue weighted by Gasteiger charge is 2.29. The van der Waals surface area contributed by atoms with Gasteiger partial charge in [0.2, 0.25) is 5.91 Å². The Morgan fingerprint density at radius 3 is 2.33 bits per heavy atom. The molecule has 2 amide bonds. The first-order valence-corrected chi connectivity index (χ1v) is 10.3. The Morgan fingerprint density at radius 1 is 0.852 bits per heavy atom. The topological polar surface area (TPSA) is 49.4 Å². The van der Waals surface area contributed by atoms with Gasteiger partial charge in [-0.2, -0.15) is 0 Å². The first-order valence-electron chi connectivity index (χ1n) is 10.3. The first-order chi connectivity index (χ1) is 13.2. The number of carbonyl (C=O) groups is 2. The number of amides is 2. The van der Waals surface area contributed by atoms with E-state index in [1.807, 2.05) is 47.4 Å². The van der Waals surface area contributed by atoms with Crippen molar-refractivity contribution in [1.29, 1.82) is 0 Å². The van der Waals surface area contributed by atoms with Gasteiger partial charge < -0.3 is 10.2 Å². The van der Waals surface area contributed by atoms with E-state index in [4.69, 9.17) is 0 Å². The lowest BCUT2D eigenvalue weighted by Crippen LogP contribution is -2.48. The molecule has 1 saturated heterocycles. The van der Waals surface area contributed by atoms with Crippen molar-refractivity contribution in [2.45, 2.75) is 51.0 Å². The summed E-state index contributed by atoms with van der Waals surface area (Å²) in [6.45, 7) is 1.52. The molecule has 0 atom stereocenters. The van der Waals surface area contributed by atoms with E-state index in [9.17, 15) is 9.59 Å². The standard InChI is InChI=1S/C23H28N2O2/c26-22(21-12-6-10-17-7-4-5-11-20(17)21)24-19-13-15-25(16-14-19)23(27)18-8-2-1-3-9-18/h4-7,10-12,18-19H,1-3,8-9,13-16H2,(H,24,26). The Hall–Kier alpha value is -2.36. The van der Waals surface area contributed by atoms with Crippen LogP contribution in [0, 0.1) is 5.92 Å². The normalized spacial score (nSPS) is 19.2. The molecule has 1 N–H and O–H groups in total. The van der Waals surface area contributed by atoms with Crippen molar-refractivity contribution >= 4 is 22.6 Å². The molecule has 1 aliphatic carbocycles. The summed E-state index contributed by atoms with van der Waals surface area (Å²) < 4.78 is 0. The molecule has 142 valence electrons. The highest BCUT2D eigenvalue weighted by atomic mass is 16.2. The zero-order chi connectivity index (χ0) is 18.6. The first kappa shape index (κ1) is 18.0. The van der Waals surface area contributed by atoms with Crippen LogP contribution in [0.25, 0.3) is 10.8 Å². The molecule has 2 aromatic rings. The average Bonchev–Trinajstić information content (AvgIpc) is 2.74. The molecular weight excluding hydrogens is 336 g/mol. The van der Waals surface area contributed by atoms with Gasteiger partial charge in [-0.15, -0.1) is 0 Å². The summed E-state index contributed by atoms with van der Waals surface area (Å²) in [6, 6.07) is 14.0. The highest BCUT2D eigenvalue weighted by molar-refractivity contribution is 6.07. The van der Waals surface area contributed by atoms with Crippen LogP contribution in [-0.4, -0.2) is 35.8 Å². The second kappa shape index (κ2) is 8.12. The van der Waals surface area contributed by atoms with Crippen molar-refractivity contribution in [2.24, 2.45) is 5.92 Å². The number of rotatable bonds is 3. The van der Waals surface area contributed by atoms with Gasteiger partial charge in [-0.05, 0) is 42.5 Å². The number of carbonyl (C=O) groups excluding carboxylic acids is 2. The summed E-state index contributed by atoms with van der Waals surface area (Å²) in [5, 5.41) is 5.26. The van der Waals surface area contributed by atoms with E-state index in [-0.39, 0.29) is 17.9 Å². The summed E-state index contributed by atoms with van der Waals surface area (Å²) in [5.74, 6) is 0.568. The lowest BCUT2D eigenvalue weighted by Gasteiger charge is -2.35. The van der Waals surface area contributed by atoms with E-state index in [1.54, 1.807) is 0 Å². The van der Waals surface area contributed by atoms with E-state index in [0.717, 1.165) is 55.1 Å². The minimum Gasteiger partial charge on any atom is -0.349 e. The smallest absolute Gasteiger partial charge is 0.252 e. The van der Waals surface area contributed by atoms with Crippen LogP contribution in [-0.2, 0) is 4.79 Å². The maximum atomic E-state index is 12.8. The minimum atomic E-state index is -0.0103. The van der Waals surface area contributed by atoms with Crippen LogP contribution >= 0.6 is 0 Å². The minimum absolute atomic E-state index is 0.0103. The van der Waals surface area contributed by atoms with E-state index in [2.05, 4.69) is 5.32 Å². The predicted octanol–water partition coefficient (Wildman–Crippen LogP) is 4.14. The Bertz CT molecular complexity index is 813. The van der Waals surface area contributed by atoms with Crippen molar-refractivity contribution in [3.05, 3.63) is 48.0 Å². The second-order valence-electron chi connectivity index (χ2n) is 7.93. The summed E-state index contributed by atoms with van der Waals surface area (Å²) in [5.41, 5.74) is 0.730. The zero-order valence-electron chi connectivity index (χ0n) is 15.8. The third-order valence-corrected chi connectivity index (χ3v) is 6.13. The second-order valence-corrected chi connectivity index (χ2v) is 7.93. The van der Waals surface area contributed by atoms with Crippen LogP contribution in [0.2, 0.25) is 0 Å². The number of nitrogens with one attached hydrogen (secondary N) is 1. The van der Waals surface area contributed by atoms with Gasteiger partial charge in [-0.25, -0.2) is 0 Å². The van der Waals surface area contributed by atoms with Crippen LogP contribution < -0.4 is 5.32 Å². The van der Waals surface area contributed by atoms with E-state index in [1.165, 1.54) is 19.3 Å². The quantitative estimate of drug-likeness (QED) is 0.890. The van der Waals surface area contributed by atoms with Crippen molar-refractivity contribution < 1.29 is 9.59 Å². The van der Waals surface area contributed by atoms with Crippen molar-refractivity contribution in [3.8, 4) is 0 Å². The molecule has 2 fully saturated rings. The Kier molecular flexibility index (Phi) is 5.42. The zero-order valence-corrected chi connectivity index (χ0v) is 15.8. The molecule has 1 aliphatic heterocycles. The number of hydrogen-bond acceptors (Lipinski definition) is 2. The fourth-order valence-electron chi connectivity index (χ4n) is 4.54. The van der Waals surface area contributed by atoms with Crippen LogP contribution in [0.15, 0.2) is 42.5 Å². The molecule has 0 unspecified atom stereocenters. The summed E-state index contributed by atoms with van der Waals surface area (Å²) in [4.78, 5) is 27.5. The number of fused-ring (bicyclic) bond motifs is 1. The molecule has 0 spiro atoms. The maximum absolute atomic E-state index is 12.8. The molecular formula is C23H28N2O2. The fourth-order valence-corrected chi connectivity index (χ4v) is 4.54. The van der Waals surface area contributed by atoms with Gasteiger partial charge in [0.25, 0.3) is 5.91 Å². The molecule has 27 heavy (non-hydrogen) atoms. The molecule has 1 saturated carbocycles. The fraction of sp³-hybridized carbons (Fsp3) is 0.478. The molecule has 4 nitrogen and oxygen atoms in total. The van der Waals surface area contributed by atoms with Crippen LogP contribution in [0.4, 0.5) is 0 Å². The average molecular weight is 364 g/mol. The number of nitrogens with zero attached hydrogens (tertiary/aromatic N) is 1. The maximum Gasteiger partial charge on any atom is 0.252 e.